The number of hydrogen-bond acceptors (Lipinski definition) is 5. The van der Waals surface area contributed by atoms with Crippen LogP contribution in [0.2, 0.25) is 0 Å². The minimum atomic E-state index is -2.98. The molecule has 1 atom stereocenters. The van der Waals surface area contributed by atoms with Gasteiger partial charge in [0.05, 0.1) is 29.5 Å². The monoisotopic (exact) mass is 375 g/mol. The lowest BCUT2D eigenvalue weighted by molar-refractivity contribution is 0.252. The Morgan fingerprint density at radius 3 is 2.69 bits per heavy atom. The summed E-state index contributed by atoms with van der Waals surface area (Å²) in [5.74, 6) is 0.309. The standard InChI is InChI=1S/C17H21N5O3S/c1-12-16(10-18-20-17(23)19-14-6-4-3-5-7-14)13(2)22(21-12)15-8-9-26(24,25)11-15/h3-7,10,15H,8-9,11H2,1-2H3,(H2,19,20,23)/b18-10-/t15-/m1/s1. The van der Waals surface area contributed by atoms with Gasteiger partial charge in [-0.3, -0.25) is 4.68 Å². The molecule has 1 saturated heterocycles. The van der Waals surface area contributed by atoms with Gasteiger partial charge in [-0.15, -0.1) is 0 Å². The van der Waals surface area contributed by atoms with Crippen LogP contribution in [0, 0.1) is 13.8 Å². The zero-order chi connectivity index (χ0) is 18.7. The second-order valence-electron chi connectivity index (χ2n) is 6.28. The van der Waals surface area contributed by atoms with E-state index in [9.17, 15) is 13.2 Å². The molecular weight excluding hydrogens is 354 g/mol. The highest BCUT2D eigenvalue weighted by Crippen LogP contribution is 2.26. The molecule has 8 nitrogen and oxygen atoms in total. The molecule has 0 spiro atoms. The number of carbonyl (C=O) groups excluding carboxylic acids is 1. The van der Waals surface area contributed by atoms with Crippen molar-refractivity contribution >= 4 is 27.8 Å². The van der Waals surface area contributed by atoms with Gasteiger partial charge < -0.3 is 5.32 Å². The van der Waals surface area contributed by atoms with Crippen LogP contribution in [-0.4, -0.2) is 41.9 Å². The van der Waals surface area contributed by atoms with Gasteiger partial charge in [-0.25, -0.2) is 18.6 Å². The lowest BCUT2D eigenvalue weighted by Crippen LogP contribution is -2.24. The Bertz CT molecular complexity index is 935. The fourth-order valence-electron chi connectivity index (χ4n) is 3.02. The molecule has 2 N–H and O–H groups in total. The predicted molar refractivity (Wildman–Crippen MR) is 100 cm³/mol. The third-order valence-electron chi connectivity index (χ3n) is 4.33. The maximum absolute atomic E-state index is 11.8. The Hall–Kier alpha value is -2.68. The van der Waals surface area contributed by atoms with Crippen LogP contribution in [0.3, 0.4) is 0 Å². The highest BCUT2D eigenvalue weighted by Gasteiger charge is 2.31. The lowest BCUT2D eigenvalue weighted by atomic mass is 10.2. The van der Waals surface area contributed by atoms with Crippen molar-refractivity contribution in [3.8, 4) is 0 Å². The minimum absolute atomic E-state index is 0.114. The van der Waals surface area contributed by atoms with E-state index in [1.54, 1.807) is 16.8 Å². The van der Waals surface area contributed by atoms with Gasteiger partial charge in [-0.1, -0.05) is 18.2 Å². The van der Waals surface area contributed by atoms with E-state index < -0.39 is 15.9 Å². The molecule has 1 aromatic carbocycles. The molecular formula is C17H21N5O3S. The summed E-state index contributed by atoms with van der Waals surface area (Å²) in [6, 6.07) is 8.47. The summed E-state index contributed by atoms with van der Waals surface area (Å²) in [5.41, 5.74) is 5.42. The van der Waals surface area contributed by atoms with E-state index in [-0.39, 0.29) is 17.5 Å². The molecule has 0 saturated carbocycles. The van der Waals surface area contributed by atoms with Gasteiger partial charge in [0.15, 0.2) is 9.84 Å². The predicted octanol–water partition coefficient (Wildman–Crippen LogP) is 2.02. The average molecular weight is 375 g/mol. The molecule has 2 aromatic rings. The van der Waals surface area contributed by atoms with Crippen molar-refractivity contribution in [3.05, 3.63) is 47.3 Å². The van der Waals surface area contributed by atoms with Crippen LogP contribution in [0.1, 0.15) is 29.4 Å². The van der Waals surface area contributed by atoms with Crippen molar-refractivity contribution < 1.29 is 13.2 Å². The number of para-hydroxylation sites is 1. The molecule has 1 fully saturated rings. The van der Waals surface area contributed by atoms with Gasteiger partial charge in [-0.2, -0.15) is 10.2 Å². The van der Waals surface area contributed by atoms with Crippen molar-refractivity contribution in [2.45, 2.75) is 26.3 Å². The zero-order valence-corrected chi connectivity index (χ0v) is 15.5. The van der Waals surface area contributed by atoms with Crippen molar-refractivity contribution in [1.82, 2.24) is 15.2 Å². The maximum atomic E-state index is 11.8. The number of benzene rings is 1. The highest BCUT2D eigenvalue weighted by molar-refractivity contribution is 7.91. The molecule has 0 bridgehead atoms. The third-order valence-corrected chi connectivity index (χ3v) is 6.08. The van der Waals surface area contributed by atoms with E-state index in [1.807, 2.05) is 32.0 Å². The second kappa shape index (κ2) is 7.28. The lowest BCUT2D eigenvalue weighted by Gasteiger charge is -2.10. The first-order valence-electron chi connectivity index (χ1n) is 8.27. The van der Waals surface area contributed by atoms with E-state index in [0.717, 1.165) is 17.0 Å². The van der Waals surface area contributed by atoms with Crippen molar-refractivity contribution in [3.63, 3.8) is 0 Å². The number of hydrazone groups is 1. The van der Waals surface area contributed by atoms with Gasteiger partial charge in [0.25, 0.3) is 0 Å². The number of anilines is 1. The number of urea groups is 1. The number of nitrogens with one attached hydrogen (secondary N) is 2. The molecule has 26 heavy (non-hydrogen) atoms. The molecule has 3 rings (SSSR count). The van der Waals surface area contributed by atoms with Crippen LogP contribution in [0.15, 0.2) is 35.4 Å². The molecule has 1 aromatic heterocycles. The highest BCUT2D eigenvalue weighted by atomic mass is 32.2. The Balaban J connectivity index is 1.66. The number of carbonyl (C=O) groups is 1. The summed E-state index contributed by atoms with van der Waals surface area (Å²) in [6.07, 6.45) is 2.10. The third kappa shape index (κ3) is 4.10. The number of hydrogen-bond donors (Lipinski definition) is 2. The van der Waals surface area contributed by atoms with E-state index in [4.69, 9.17) is 0 Å². The van der Waals surface area contributed by atoms with Crippen LogP contribution in [0.25, 0.3) is 0 Å². The first-order chi connectivity index (χ1) is 12.4. The summed E-state index contributed by atoms with van der Waals surface area (Å²) in [5, 5.41) is 11.1. The molecule has 0 unspecified atom stereocenters. The molecule has 9 heteroatoms. The first kappa shape index (κ1) is 18.1. The molecule has 2 heterocycles. The summed E-state index contributed by atoms with van der Waals surface area (Å²) in [6.45, 7) is 3.70. The topological polar surface area (TPSA) is 105 Å². The van der Waals surface area contributed by atoms with Gasteiger partial charge in [0.2, 0.25) is 0 Å². The summed E-state index contributed by atoms with van der Waals surface area (Å²) in [7, 11) is -2.98. The van der Waals surface area contributed by atoms with Gasteiger partial charge >= 0.3 is 6.03 Å². The fraction of sp³-hybridized carbons (Fsp3) is 0.353. The van der Waals surface area contributed by atoms with E-state index in [2.05, 4.69) is 20.9 Å². The van der Waals surface area contributed by atoms with Gasteiger partial charge in [-0.05, 0) is 32.4 Å². The van der Waals surface area contributed by atoms with Gasteiger partial charge in [0.1, 0.15) is 0 Å². The van der Waals surface area contributed by atoms with E-state index in [1.165, 1.54) is 6.21 Å². The second-order valence-corrected chi connectivity index (χ2v) is 8.50. The summed E-state index contributed by atoms with van der Waals surface area (Å²) in [4.78, 5) is 11.8. The average Bonchev–Trinajstić information content (AvgIpc) is 3.09. The van der Waals surface area contributed by atoms with E-state index in [0.29, 0.717) is 12.1 Å². The van der Waals surface area contributed by atoms with E-state index >= 15 is 0 Å². The van der Waals surface area contributed by atoms with Crippen molar-refractivity contribution in [1.29, 1.82) is 0 Å². The number of aryl methyl sites for hydroxylation is 1. The molecule has 0 aliphatic carbocycles. The first-order valence-corrected chi connectivity index (χ1v) is 10.1. The smallest absolute Gasteiger partial charge is 0.307 e. The Morgan fingerprint density at radius 2 is 2.04 bits per heavy atom. The van der Waals surface area contributed by atoms with Crippen LogP contribution in [0.4, 0.5) is 10.5 Å². The number of nitrogens with zero attached hydrogens (tertiary/aromatic N) is 3. The molecule has 0 radical (unpaired) electrons. The zero-order valence-electron chi connectivity index (χ0n) is 14.6. The van der Waals surface area contributed by atoms with Crippen LogP contribution >= 0.6 is 0 Å². The molecule has 2 amide bonds. The molecule has 138 valence electrons. The molecule has 1 aliphatic rings. The van der Waals surface area contributed by atoms with Crippen LogP contribution in [0.5, 0.6) is 0 Å². The van der Waals surface area contributed by atoms with Crippen LogP contribution < -0.4 is 10.7 Å². The minimum Gasteiger partial charge on any atom is -0.307 e. The SMILES string of the molecule is Cc1nn([C@@H]2CCS(=O)(=O)C2)c(C)c1/C=N\NC(=O)Nc1ccccc1. The Kier molecular flexibility index (Phi) is 5.08. The number of aromatic nitrogens is 2. The van der Waals surface area contributed by atoms with Crippen molar-refractivity contribution in [2.75, 3.05) is 16.8 Å². The molecule has 1 aliphatic heterocycles. The largest absolute Gasteiger partial charge is 0.339 e. The van der Waals surface area contributed by atoms with Gasteiger partial charge in [0, 0.05) is 16.9 Å². The number of rotatable bonds is 4. The fourth-order valence-corrected chi connectivity index (χ4v) is 4.71. The van der Waals surface area contributed by atoms with Crippen LogP contribution in [-0.2, 0) is 9.84 Å². The Morgan fingerprint density at radius 1 is 1.31 bits per heavy atom. The Labute approximate surface area is 152 Å². The number of amides is 2. The summed E-state index contributed by atoms with van der Waals surface area (Å²) >= 11 is 0. The summed E-state index contributed by atoms with van der Waals surface area (Å²) < 4.78 is 25.1. The quantitative estimate of drug-likeness (QED) is 0.630. The normalized spacial score (nSPS) is 18.9. The number of sulfone groups is 1. The van der Waals surface area contributed by atoms with Crippen molar-refractivity contribution in [2.24, 2.45) is 5.10 Å². The maximum Gasteiger partial charge on any atom is 0.339 e.